The number of nitrogens with one attached hydrogen (secondary N) is 2. The standard InChI is InChI=1S/C25H24BrCl2N3O2/c1-2-32-23-12-17(14-29-10-9-25-30-21-5-3-4-6-22(21)31-25)18(26)13-24(23)33-15-16-7-8-19(27)20(28)11-16/h3-8,11-13,29H,2,9-10,14-15H2,1H3,(H,30,31). The minimum absolute atomic E-state index is 0.360. The van der Waals surface area contributed by atoms with E-state index >= 15 is 0 Å². The molecule has 1 heterocycles. The molecule has 0 aliphatic heterocycles. The van der Waals surface area contributed by atoms with Crippen LogP contribution in [0, 0.1) is 0 Å². The topological polar surface area (TPSA) is 59.2 Å². The molecular weight excluding hydrogens is 525 g/mol. The Labute approximate surface area is 211 Å². The van der Waals surface area contributed by atoms with Crippen LogP contribution < -0.4 is 14.8 Å². The molecule has 0 atom stereocenters. The highest BCUT2D eigenvalue weighted by atomic mass is 79.9. The first-order valence-corrected chi connectivity index (χ1v) is 12.2. The molecule has 0 aliphatic carbocycles. The number of hydrogen-bond acceptors (Lipinski definition) is 4. The Kier molecular flexibility index (Phi) is 8.15. The maximum atomic E-state index is 6.11. The Morgan fingerprint density at radius 3 is 2.61 bits per heavy atom. The zero-order chi connectivity index (χ0) is 23.2. The Balaban J connectivity index is 1.37. The lowest BCUT2D eigenvalue weighted by Crippen LogP contribution is -2.17. The third-order valence-electron chi connectivity index (χ3n) is 5.08. The summed E-state index contributed by atoms with van der Waals surface area (Å²) in [5.41, 5.74) is 4.07. The molecule has 0 unspecified atom stereocenters. The smallest absolute Gasteiger partial charge is 0.162 e. The molecular formula is C25H24BrCl2N3O2. The lowest BCUT2D eigenvalue weighted by molar-refractivity contribution is 0.269. The van der Waals surface area contributed by atoms with Crippen LogP contribution in [0.3, 0.4) is 0 Å². The van der Waals surface area contributed by atoms with Gasteiger partial charge in [-0.25, -0.2) is 4.98 Å². The Morgan fingerprint density at radius 2 is 1.82 bits per heavy atom. The van der Waals surface area contributed by atoms with E-state index in [0.29, 0.717) is 41.3 Å². The molecule has 33 heavy (non-hydrogen) atoms. The van der Waals surface area contributed by atoms with E-state index in [2.05, 4.69) is 31.2 Å². The van der Waals surface area contributed by atoms with Gasteiger partial charge in [0.1, 0.15) is 12.4 Å². The molecule has 0 radical (unpaired) electrons. The zero-order valence-electron chi connectivity index (χ0n) is 18.1. The molecule has 0 amide bonds. The number of para-hydroxylation sites is 2. The van der Waals surface area contributed by atoms with Gasteiger partial charge in [-0.1, -0.05) is 57.3 Å². The van der Waals surface area contributed by atoms with Crippen LogP contribution in [0.15, 0.2) is 59.1 Å². The quantitative estimate of drug-likeness (QED) is 0.211. The highest BCUT2D eigenvalue weighted by molar-refractivity contribution is 9.10. The van der Waals surface area contributed by atoms with Gasteiger partial charge in [-0.15, -0.1) is 0 Å². The van der Waals surface area contributed by atoms with Crippen molar-refractivity contribution in [1.82, 2.24) is 15.3 Å². The molecule has 4 aromatic rings. The van der Waals surface area contributed by atoms with Crippen molar-refractivity contribution in [3.8, 4) is 11.5 Å². The summed E-state index contributed by atoms with van der Waals surface area (Å²) in [7, 11) is 0. The Bertz CT molecular complexity index is 1210. The van der Waals surface area contributed by atoms with Crippen LogP contribution in [-0.4, -0.2) is 23.1 Å². The molecule has 172 valence electrons. The van der Waals surface area contributed by atoms with E-state index in [0.717, 1.165) is 45.4 Å². The van der Waals surface area contributed by atoms with Crippen molar-refractivity contribution in [3.05, 3.63) is 86.1 Å². The van der Waals surface area contributed by atoms with Gasteiger partial charge in [-0.2, -0.15) is 0 Å². The number of hydrogen-bond donors (Lipinski definition) is 2. The molecule has 0 fully saturated rings. The van der Waals surface area contributed by atoms with Crippen molar-refractivity contribution in [3.63, 3.8) is 0 Å². The third kappa shape index (κ3) is 6.21. The number of aromatic amines is 1. The van der Waals surface area contributed by atoms with Gasteiger partial charge in [-0.05, 0) is 54.4 Å². The lowest BCUT2D eigenvalue weighted by atomic mass is 10.2. The summed E-state index contributed by atoms with van der Waals surface area (Å²) in [6.45, 7) is 4.35. The Morgan fingerprint density at radius 1 is 1.00 bits per heavy atom. The summed E-state index contributed by atoms with van der Waals surface area (Å²) in [5, 5.41) is 4.51. The number of H-pyrrole nitrogens is 1. The van der Waals surface area contributed by atoms with Crippen LogP contribution in [0.1, 0.15) is 23.9 Å². The van der Waals surface area contributed by atoms with Gasteiger partial charge in [0, 0.05) is 24.0 Å². The van der Waals surface area contributed by atoms with Gasteiger partial charge in [0.15, 0.2) is 11.5 Å². The SMILES string of the molecule is CCOc1cc(CNCCc2nc3ccccc3[nH]2)c(Br)cc1OCc1ccc(Cl)c(Cl)c1. The molecule has 0 saturated carbocycles. The van der Waals surface area contributed by atoms with E-state index in [1.165, 1.54) is 0 Å². The summed E-state index contributed by atoms with van der Waals surface area (Å²) in [6, 6.07) is 17.5. The second-order valence-electron chi connectivity index (χ2n) is 7.49. The van der Waals surface area contributed by atoms with Gasteiger partial charge in [0.25, 0.3) is 0 Å². The van der Waals surface area contributed by atoms with Crippen LogP contribution in [-0.2, 0) is 19.6 Å². The lowest BCUT2D eigenvalue weighted by Gasteiger charge is -2.16. The monoisotopic (exact) mass is 547 g/mol. The minimum atomic E-state index is 0.360. The number of fused-ring (bicyclic) bond motifs is 1. The number of halogens is 3. The van der Waals surface area contributed by atoms with Crippen molar-refractivity contribution in [2.45, 2.75) is 26.5 Å². The molecule has 1 aromatic heterocycles. The van der Waals surface area contributed by atoms with E-state index in [9.17, 15) is 0 Å². The van der Waals surface area contributed by atoms with Crippen molar-refractivity contribution >= 4 is 50.2 Å². The largest absolute Gasteiger partial charge is 0.490 e. The van der Waals surface area contributed by atoms with E-state index in [4.69, 9.17) is 32.7 Å². The summed E-state index contributed by atoms with van der Waals surface area (Å²) in [4.78, 5) is 7.98. The van der Waals surface area contributed by atoms with Crippen molar-refractivity contribution in [2.24, 2.45) is 0 Å². The number of aromatic nitrogens is 2. The van der Waals surface area contributed by atoms with Gasteiger partial charge in [0.05, 0.1) is 27.7 Å². The maximum Gasteiger partial charge on any atom is 0.162 e. The summed E-state index contributed by atoms with van der Waals surface area (Å²) in [5.74, 6) is 2.35. The van der Waals surface area contributed by atoms with Gasteiger partial charge < -0.3 is 19.8 Å². The zero-order valence-corrected chi connectivity index (χ0v) is 21.2. The molecule has 5 nitrogen and oxygen atoms in total. The van der Waals surface area contributed by atoms with Gasteiger partial charge >= 0.3 is 0 Å². The number of imidazole rings is 1. The van der Waals surface area contributed by atoms with E-state index in [1.54, 1.807) is 12.1 Å². The third-order valence-corrected chi connectivity index (χ3v) is 6.56. The average molecular weight is 549 g/mol. The first kappa shape index (κ1) is 23.9. The maximum absolute atomic E-state index is 6.11. The van der Waals surface area contributed by atoms with Crippen LogP contribution in [0.2, 0.25) is 10.0 Å². The van der Waals surface area contributed by atoms with Crippen LogP contribution >= 0.6 is 39.1 Å². The first-order valence-electron chi connectivity index (χ1n) is 10.7. The number of benzene rings is 3. The van der Waals surface area contributed by atoms with Gasteiger partial charge in [0.2, 0.25) is 0 Å². The minimum Gasteiger partial charge on any atom is -0.490 e. The molecule has 4 rings (SSSR count). The van der Waals surface area contributed by atoms with Crippen molar-refractivity contribution < 1.29 is 9.47 Å². The van der Waals surface area contributed by atoms with Crippen molar-refractivity contribution in [1.29, 1.82) is 0 Å². The molecule has 2 N–H and O–H groups in total. The first-order chi connectivity index (χ1) is 16.0. The molecule has 0 bridgehead atoms. The predicted molar refractivity (Wildman–Crippen MR) is 138 cm³/mol. The van der Waals surface area contributed by atoms with Crippen LogP contribution in [0.4, 0.5) is 0 Å². The number of nitrogens with zero attached hydrogens (tertiary/aromatic N) is 1. The normalized spacial score (nSPS) is 11.2. The molecule has 3 aromatic carbocycles. The fourth-order valence-corrected chi connectivity index (χ4v) is 4.22. The van der Waals surface area contributed by atoms with Crippen molar-refractivity contribution in [2.75, 3.05) is 13.2 Å². The molecule has 0 aliphatic rings. The number of ether oxygens (including phenoxy) is 2. The number of rotatable bonds is 10. The average Bonchev–Trinajstić information content (AvgIpc) is 3.22. The van der Waals surface area contributed by atoms with Crippen LogP contribution in [0.25, 0.3) is 11.0 Å². The van der Waals surface area contributed by atoms with Gasteiger partial charge in [-0.3, -0.25) is 0 Å². The molecule has 0 saturated heterocycles. The summed E-state index contributed by atoms with van der Waals surface area (Å²) >= 11 is 15.8. The second-order valence-corrected chi connectivity index (χ2v) is 9.16. The summed E-state index contributed by atoms with van der Waals surface area (Å²) in [6.07, 6.45) is 0.815. The molecule has 0 spiro atoms. The second kappa shape index (κ2) is 11.3. The predicted octanol–water partition coefficient (Wildman–Crippen LogP) is 6.94. The summed E-state index contributed by atoms with van der Waals surface area (Å²) < 4.78 is 12.8. The fourth-order valence-electron chi connectivity index (χ4n) is 3.44. The molecule has 8 heteroatoms. The highest BCUT2D eigenvalue weighted by Crippen LogP contribution is 2.35. The highest BCUT2D eigenvalue weighted by Gasteiger charge is 2.12. The Hall–Kier alpha value is -2.25. The fraction of sp³-hybridized carbons (Fsp3) is 0.240. The van der Waals surface area contributed by atoms with E-state index in [1.807, 2.05) is 49.4 Å². The van der Waals surface area contributed by atoms with E-state index < -0.39 is 0 Å². The van der Waals surface area contributed by atoms with Crippen LogP contribution in [0.5, 0.6) is 11.5 Å². The van der Waals surface area contributed by atoms with E-state index in [-0.39, 0.29) is 0 Å².